The number of nitrogens with zero attached hydrogens (tertiary/aromatic N) is 1. The molecule has 0 saturated heterocycles. The maximum absolute atomic E-state index is 13.2. The van der Waals surface area contributed by atoms with Crippen molar-refractivity contribution < 1.29 is 13.9 Å². The molecule has 3 nitrogen and oxygen atoms in total. The van der Waals surface area contributed by atoms with Gasteiger partial charge < -0.3 is 4.74 Å². The number of benzene rings is 1. The Morgan fingerprint density at radius 3 is 2.43 bits per heavy atom. The summed E-state index contributed by atoms with van der Waals surface area (Å²) >= 11 is 3.34. The zero-order valence-corrected chi connectivity index (χ0v) is 14.9. The molecule has 2 aromatic rings. The Morgan fingerprint density at radius 1 is 1.22 bits per heavy atom. The van der Waals surface area contributed by atoms with Crippen LogP contribution in [-0.4, -0.2) is 16.6 Å². The van der Waals surface area contributed by atoms with Gasteiger partial charge in [-0.3, -0.25) is 4.79 Å². The molecule has 1 aromatic heterocycles. The van der Waals surface area contributed by atoms with Gasteiger partial charge in [-0.25, -0.2) is 9.37 Å². The molecule has 1 unspecified atom stereocenters. The first-order chi connectivity index (χ1) is 10.7. The molecule has 23 heavy (non-hydrogen) atoms. The number of carbonyl (C=O) groups excluding carboxylic acids is 1. The van der Waals surface area contributed by atoms with Crippen LogP contribution in [0.1, 0.15) is 44.4 Å². The van der Waals surface area contributed by atoms with E-state index in [1.54, 1.807) is 12.1 Å². The minimum atomic E-state index is -0.546. The van der Waals surface area contributed by atoms with Gasteiger partial charge in [-0.1, -0.05) is 18.2 Å². The van der Waals surface area contributed by atoms with Crippen molar-refractivity contribution in [2.24, 2.45) is 0 Å². The van der Waals surface area contributed by atoms with Crippen LogP contribution in [0.5, 0.6) is 0 Å². The number of hydrogen-bond donors (Lipinski definition) is 0. The third-order valence-corrected chi connectivity index (χ3v) is 3.60. The van der Waals surface area contributed by atoms with E-state index in [-0.39, 0.29) is 24.1 Å². The molecule has 0 aliphatic rings. The van der Waals surface area contributed by atoms with E-state index in [1.165, 1.54) is 12.1 Å². The van der Waals surface area contributed by atoms with Gasteiger partial charge in [0.15, 0.2) is 0 Å². The molecule has 2 rings (SSSR count). The van der Waals surface area contributed by atoms with Crippen molar-refractivity contribution in [2.75, 3.05) is 0 Å². The number of pyridine rings is 1. The number of hydrogen-bond acceptors (Lipinski definition) is 3. The standard InChI is InChI=1S/C18H19BrFNO2/c1-18(2,3)23-17(22)11-14(12-7-9-13(20)10-8-12)15-5-4-6-16(19)21-15/h4-10,14H,11H2,1-3H3. The maximum Gasteiger partial charge on any atom is 0.307 e. The van der Waals surface area contributed by atoms with Crippen LogP contribution in [0, 0.1) is 5.82 Å². The number of rotatable bonds is 4. The Hall–Kier alpha value is -1.75. The first-order valence-corrected chi connectivity index (χ1v) is 8.14. The highest BCUT2D eigenvalue weighted by Crippen LogP contribution is 2.29. The summed E-state index contributed by atoms with van der Waals surface area (Å²) in [5, 5.41) is 0. The zero-order valence-electron chi connectivity index (χ0n) is 13.3. The summed E-state index contributed by atoms with van der Waals surface area (Å²) in [5.41, 5.74) is 1.01. The molecule has 0 aliphatic heterocycles. The Bertz CT molecular complexity index is 680. The second-order valence-electron chi connectivity index (χ2n) is 6.28. The summed E-state index contributed by atoms with van der Waals surface area (Å²) in [7, 11) is 0. The van der Waals surface area contributed by atoms with E-state index in [0.717, 1.165) is 11.3 Å². The van der Waals surface area contributed by atoms with E-state index < -0.39 is 5.60 Å². The Labute approximate surface area is 144 Å². The van der Waals surface area contributed by atoms with Crippen LogP contribution in [0.25, 0.3) is 0 Å². The van der Waals surface area contributed by atoms with Crippen LogP contribution in [-0.2, 0) is 9.53 Å². The first kappa shape index (κ1) is 17.6. The van der Waals surface area contributed by atoms with Crippen molar-refractivity contribution in [1.82, 2.24) is 4.98 Å². The quantitative estimate of drug-likeness (QED) is 0.563. The third kappa shape index (κ3) is 5.43. The normalized spacial score (nSPS) is 12.7. The minimum Gasteiger partial charge on any atom is -0.460 e. The number of halogens is 2. The second-order valence-corrected chi connectivity index (χ2v) is 7.09. The van der Waals surface area contributed by atoms with E-state index in [0.29, 0.717) is 4.60 Å². The lowest BCUT2D eigenvalue weighted by Crippen LogP contribution is -2.25. The summed E-state index contributed by atoms with van der Waals surface area (Å²) in [5.74, 6) is -0.913. The number of esters is 1. The molecule has 122 valence electrons. The second kappa shape index (κ2) is 7.21. The molecule has 1 atom stereocenters. The van der Waals surface area contributed by atoms with Crippen LogP contribution in [0.3, 0.4) is 0 Å². The van der Waals surface area contributed by atoms with E-state index in [4.69, 9.17) is 4.74 Å². The van der Waals surface area contributed by atoms with Gasteiger partial charge in [0, 0.05) is 11.6 Å². The van der Waals surface area contributed by atoms with E-state index in [1.807, 2.05) is 39.0 Å². The average Bonchev–Trinajstić information content (AvgIpc) is 2.44. The van der Waals surface area contributed by atoms with Crippen molar-refractivity contribution >= 4 is 21.9 Å². The Kier molecular flexibility index (Phi) is 5.52. The highest BCUT2D eigenvalue weighted by atomic mass is 79.9. The zero-order chi connectivity index (χ0) is 17.0. The third-order valence-electron chi connectivity index (χ3n) is 3.16. The topological polar surface area (TPSA) is 39.2 Å². The SMILES string of the molecule is CC(C)(C)OC(=O)CC(c1ccc(F)cc1)c1cccc(Br)n1. The number of ether oxygens (including phenoxy) is 1. The number of aromatic nitrogens is 1. The molecule has 0 spiro atoms. The van der Waals surface area contributed by atoms with E-state index in [9.17, 15) is 9.18 Å². The molecular weight excluding hydrogens is 361 g/mol. The average molecular weight is 380 g/mol. The van der Waals surface area contributed by atoms with Gasteiger partial charge >= 0.3 is 5.97 Å². The molecule has 0 bridgehead atoms. The van der Waals surface area contributed by atoms with Crippen molar-refractivity contribution in [3.05, 3.63) is 64.1 Å². The van der Waals surface area contributed by atoms with Crippen molar-refractivity contribution in [2.45, 2.75) is 38.7 Å². The highest BCUT2D eigenvalue weighted by molar-refractivity contribution is 9.10. The van der Waals surface area contributed by atoms with Gasteiger partial charge in [0.1, 0.15) is 16.0 Å². The molecule has 0 amide bonds. The lowest BCUT2D eigenvalue weighted by Gasteiger charge is -2.22. The Balaban J connectivity index is 2.32. The van der Waals surface area contributed by atoms with Gasteiger partial charge in [0.2, 0.25) is 0 Å². The lowest BCUT2D eigenvalue weighted by atomic mass is 9.92. The van der Waals surface area contributed by atoms with Gasteiger partial charge in [0.25, 0.3) is 0 Å². The molecule has 0 fully saturated rings. The molecule has 5 heteroatoms. The molecule has 0 saturated carbocycles. The summed E-state index contributed by atoms with van der Waals surface area (Å²) in [6.45, 7) is 5.49. The van der Waals surface area contributed by atoms with Gasteiger partial charge in [0.05, 0.1) is 6.42 Å². The van der Waals surface area contributed by atoms with Crippen LogP contribution in [0.15, 0.2) is 47.1 Å². The predicted molar refractivity (Wildman–Crippen MR) is 90.6 cm³/mol. The fourth-order valence-corrected chi connectivity index (χ4v) is 2.61. The van der Waals surface area contributed by atoms with E-state index >= 15 is 0 Å². The van der Waals surface area contributed by atoms with Crippen molar-refractivity contribution in [1.29, 1.82) is 0 Å². The monoisotopic (exact) mass is 379 g/mol. The largest absolute Gasteiger partial charge is 0.460 e. The predicted octanol–water partition coefficient (Wildman–Crippen LogP) is 4.85. The molecule has 1 aromatic carbocycles. The summed E-state index contributed by atoms with van der Waals surface area (Å²) in [6, 6.07) is 11.6. The summed E-state index contributed by atoms with van der Waals surface area (Å²) < 4.78 is 19.3. The molecule has 1 heterocycles. The van der Waals surface area contributed by atoms with E-state index in [2.05, 4.69) is 20.9 Å². The lowest BCUT2D eigenvalue weighted by molar-refractivity contribution is -0.155. The Morgan fingerprint density at radius 2 is 1.87 bits per heavy atom. The molecule has 0 aliphatic carbocycles. The molecule has 0 radical (unpaired) electrons. The maximum atomic E-state index is 13.2. The van der Waals surface area contributed by atoms with Crippen LogP contribution in [0.4, 0.5) is 4.39 Å². The minimum absolute atomic E-state index is 0.145. The van der Waals surface area contributed by atoms with Gasteiger partial charge in [-0.15, -0.1) is 0 Å². The summed E-state index contributed by atoms with van der Waals surface area (Å²) in [4.78, 5) is 16.7. The van der Waals surface area contributed by atoms with Crippen molar-refractivity contribution in [3.8, 4) is 0 Å². The molecular formula is C18H19BrFNO2. The highest BCUT2D eigenvalue weighted by Gasteiger charge is 2.24. The van der Waals surface area contributed by atoms with Crippen molar-refractivity contribution in [3.63, 3.8) is 0 Å². The number of carbonyl (C=O) groups is 1. The summed E-state index contributed by atoms with van der Waals surface area (Å²) in [6.07, 6.45) is 0.145. The fourth-order valence-electron chi connectivity index (χ4n) is 2.26. The van der Waals surface area contributed by atoms with Gasteiger partial charge in [-0.2, -0.15) is 0 Å². The first-order valence-electron chi connectivity index (χ1n) is 7.34. The van der Waals surface area contributed by atoms with Crippen LogP contribution >= 0.6 is 15.9 Å². The molecule has 0 N–H and O–H groups in total. The smallest absolute Gasteiger partial charge is 0.307 e. The van der Waals surface area contributed by atoms with Crippen LogP contribution in [0.2, 0.25) is 0 Å². The van der Waals surface area contributed by atoms with Gasteiger partial charge in [-0.05, 0) is 66.5 Å². The fraction of sp³-hybridized carbons (Fsp3) is 0.333. The van der Waals surface area contributed by atoms with Crippen LogP contribution < -0.4 is 0 Å².